The van der Waals surface area contributed by atoms with Crippen LogP contribution in [0.25, 0.3) is 0 Å². The number of piperidine rings is 1. The molecule has 10 heteroatoms. The molecule has 1 aliphatic rings. The van der Waals surface area contributed by atoms with Crippen LogP contribution in [-0.2, 0) is 19.2 Å². The molecule has 0 unspecified atom stereocenters. The Morgan fingerprint density at radius 2 is 1.88 bits per heavy atom. The molecule has 1 aromatic rings. The van der Waals surface area contributed by atoms with Gasteiger partial charge in [0.1, 0.15) is 0 Å². The Labute approximate surface area is 201 Å². The predicted molar refractivity (Wildman–Crippen MR) is 133 cm³/mol. The molecule has 33 heavy (non-hydrogen) atoms. The van der Waals surface area contributed by atoms with E-state index in [9.17, 15) is 9.59 Å². The fraction of sp³-hybridized carbons (Fsp3) is 0.435. The number of esters is 1. The smallest absolute Gasteiger partial charge is 0.333 e. The number of nitrogens with zero attached hydrogens (tertiary/aromatic N) is 1. The number of carbonyl (C=O) groups is 2. The lowest BCUT2D eigenvalue weighted by Gasteiger charge is -2.31. The number of hydrogen-bond acceptors (Lipinski definition) is 6. The molecule has 0 aliphatic carbocycles. The van der Waals surface area contributed by atoms with Crippen LogP contribution >= 0.6 is 11.8 Å². The van der Waals surface area contributed by atoms with Crippen LogP contribution in [0, 0.1) is 18.3 Å². The van der Waals surface area contributed by atoms with Crippen molar-refractivity contribution in [2.45, 2.75) is 33.6 Å². The second-order valence-electron chi connectivity index (χ2n) is 6.66. The van der Waals surface area contributed by atoms with Crippen LogP contribution in [0.2, 0.25) is 0 Å². The fourth-order valence-electron chi connectivity index (χ4n) is 2.81. The van der Waals surface area contributed by atoms with E-state index in [-0.39, 0.29) is 17.8 Å². The number of quaternary nitrogens is 1. The zero-order valence-electron chi connectivity index (χ0n) is 20.2. The van der Waals surface area contributed by atoms with Crippen molar-refractivity contribution < 1.29 is 24.6 Å². The Balaban J connectivity index is 0.000000709. The van der Waals surface area contributed by atoms with Crippen molar-refractivity contribution >= 4 is 35.3 Å². The molecule has 0 atom stereocenters. The zero-order valence-corrected chi connectivity index (χ0v) is 21.0. The molecular formula is C23H38N5O4S+. The fourth-order valence-corrected chi connectivity index (χ4v) is 3.31. The molecule has 6 N–H and O–H groups in total. The van der Waals surface area contributed by atoms with Gasteiger partial charge in [0.25, 0.3) is 0 Å². The number of likely N-dealkylation sites (tertiary alicyclic amines) is 1. The van der Waals surface area contributed by atoms with E-state index >= 15 is 0 Å². The highest BCUT2D eigenvalue weighted by molar-refractivity contribution is 8.05. The van der Waals surface area contributed by atoms with E-state index in [4.69, 9.17) is 16.0 Å². The number of amides is 1. The van der Waals surface area contributed by atoms with Gasteiger partial charge < -0.3 is 20.7 Å². The molecule has 1 saturated heterocycles. The summed E-state index contributed by atoms with van der Waals surface area (Å²) in [6.45, 7) is 10.8. The number of nitrogens with two attached hydrogens (primary N) is 2. The van der Waals surface area contributed by atoms with Gasteiger partial charge in [-0.2, -0.15) is 5.48 Å². The number of thioether (sulfide) groups is 1. The van der Waals surface area contributed by atoms with Gasteiger partial charge in [-0.05, 0) is 25.2 Å². The van der Waals surface area contributed by atoms with Crippen molar-refractivity contribution in [3.63, 3.8) is 0 Å². The summed E-state index contributed by atoms with van der Waals surface area (Å²) in [6.07, 6.45) is 2.46. The third kappa shape index (κ3) is 12.1. The Morgan fingerprint density at radius 3 is 2.36 bits per heavy atom. The van der Waals surface area contributed by atoms with Crippen molar-refractivity contribution in [2.75, 3.05) is 27.3 Å². The summed E-state index contributed by atoms with van der Waals surface area (Å²) in [5.41, 5.74) is 9.54. The lowest BCUT2D eigenvalue weighted by molar-refractivity contribution is -0.830. The maximum Gasteiger partial charge on any atom is 0.333 e. The molecule has 1 amide bonds. The summed E-state index contributed by atoms with van der Waals surface area (Å²) in [5, 5.41) is 12.0. The largest absolute Gasteiger partial charge is 0.466 e. The summed E-state index contributed by atoms with van der Waals surface area (Å²) in [6, 6.07) is 8.10. The Kier molecular flexibility index (Phi) is 16.2. The van der Waals surface area contributed by atoms with Crippen LogP contribution in [0.1, 0.15) is 32.3 Å². The van der Waals surface area contributed by atoms with Crippen LogP contribution in [0.15, 0.2) is 47.4 Å². The maximum absolute atomic E-state index is 12.2. The van der Waals surface area contributed by atoms with Crippen molar-refractivity contribution in [3.05, 3.63) is 52.9 Å². The normalized spacial score (nSPS) is 13.5. The molecule has 184 valence electrons. The average molecular weight is 481 g/mol. The minimum Gasteiger partial charge on any atom is -0.466 e. The third-order valence-electron chi connectivity index (χ3n) is 4.55. The molecule has 0 radical (unpaired) electrons. The second-order valence-corrected chi connectivity index (χ2v) is 7.67. The summed E-state index contributed by atoms with van der Waals surface area (Å²) < 4.78 is 4.54. The van der Waals surface area contributed by atoms with Gasteiger partial charge >= 0.3 is 5.97 Å². The number of ether oxygens (including phenoxy) is 1. The molecule has 0 saturated carbocycles. The van der Waals surface area contributed by atoms with Crippen LogP contribution in [0.5, 0.6) is 0 Å². The minimum absolute atomic E-state index is 0.0300. The first kappa shape index (κ1) is 30.2. The number of methoxy groups -OCH3 is 1. The number of carbonyl (C=O) groups excluding carboxylic acids is 2. The van der Waals surface area contributed by atoms with Gasteiger partial charge in [-0.15, -0.1) is 0 Å². The van der Waals surface area contributed by atoms with Crippen molar-refractivity contribution in [1.82, 2.24) is 10.2 Å². The lowest BCUT2D eigenvalue weighted by Crippen LogP contribution is -2.76. The second kappa shape index (κ2) is 17.7. The van der Waals surface area contributed by atoms with Gasteiger partial charge in [0.15, 0.2) is 11.6 Å². The Morgan fingerprint density at radius 1 is 1.27 bits per heavy atom. The Bertz CT molecular complexity index is 793. The number of benzene rings is 1. The summed E-state index contributed by atoms with van der Waals surface area (Å²) >= 11 is 1.15. The number of aryl methyl sites for hydroxylation is 1. The lowest BCUT2D eigenvalue weighted by atomic mass is 9.96. The van der Waals surface area contributed by atoms with Gasteiger partial charge in [-0.3, -0.25) is 10.2 Å². The standard InChI is InChI=1S/C13H20N4O3S.C8H11NO.C2H6/c1-3-21-10(8-11(18)20-2)16-12(19)9-4-6-17(7-5-9)13(14)15;1-7-5-3-4-6-8(7)9-10-2;1-2/h3,8-9H,1,4-7H2,2H3,(H3,14,15)(H,16,19);3-6,9H,1-2H3;1-2H3/p+1/b10-8+;;. The maximum atomic E-state index is 12.2. The Hall–Kier alpha value is -2.82. The van der Waals surface area contributed by atoms with Crippen molar-refractivity contribution in [3.8, 4) is 0 Å². The van der Waals surface area contributed by atoms with Crippen LogP contribution < -0.4 is 16.5 Å². The van der Waals surface area contributed by atoms with Crippen molar-refractivity contribution in [2.24, 2.45) is 11.7 Å². The molecule has 0 spiro atoms. The topological polar surface area (TPSA) is 134 Å². The van der Waals surface area contributed by atoms with E-state index in [0.29, 0.717) is 31.0 Å². The monoisotopic (exact) mass is 480 g/mol. The first-order chi connectivity index (χ1) is 15.8. The molecule has 1 aliphatic heterocycles. The summed E-state index contributed by atoms with van der Waals surface area (Å²) in [7, 11) is 2.93. The van der Waals surface area contributed by atoms with Crippen molar-refractivity contribution in [1.29, 1.82) is 5.41 Å². The number of hydrogen-bond donors (Lipinski definition) is 4. The predicted octanol–water partition coefficient (Wildman–Crippen LogP) is 2.38. The van der Waals surface area contributed by atoms with Gasteiger partial charge in [0.2, 0.25) is 5.91 Å². The van der Waals surface area contributed by atoms with Crippen LogP contribution in [-0.4, -0.2) is 50.0 Å². The first-order valence-electron chi connectivity index (χ1n) is 10.7. The summed E-state index contributed by atoms with van der Waals surface area (Å²) in [4.78, 5) is 30.0. The molecule has 0 aromatic heterocycles. The van der Waals surface area contributed by atoms with E-state index in [1.54, 1.807) is 17.5 Å². The zero-order chi connectivity index (χ0) is 25.2. The van der Waals surface area contributed by atoms with Gasteiger partial charge in [-0.1, -0.05) is 50.4 Å². The molecule has 1 aromatic carbocycles. The first-order valence-corrected chi connectivity index (χ1v) is 11.6. The number of nitrogens with one attached hydrogen (secondary N) is 2. The number of rotatable bonds is 7. The third-order valence-corrected chi connectivity index (χ3v) is 5.19. The average Bonchev–Trinajstić information content (AvgIpc) is 2.82. The molecular weight excluding hydrogens is 442 g/mol. The quantitative estimate of drug-likeness (QED) is 0.118. The molecule has 9 nitrogen and oxygen atoms in total. The van der Waals surface area contributed by atoms with Gasteiger partial charge in [-0.25, -0.2) is 9.63 Å². The highest BCUT2D eigenvalue weighted by Gasteiger charge is 2.26. The van der Waals surface area contributed by atoms with E-state index in [1.807, 2.05) is 32.0 Å². The minimum atomic E-state index is -0.536. The number of guanidine groups is 1. The molecule has 1 fully saturated rings. The molecule has 1 heterocycles. The SMILES string of the molecule is C=CS/C(=C/C(=O)OC)NC(=O)C1CCN(C(=N)N)CC1.CC.CO[NH2+]c1ccccc1C. The highest BCUT2D eigenvalue weighted by atomic mass is 32.2. The van der Waals surface area contributed by atoms with Crippen LogP contribution in [0.3, 0.4) is 0 Å². The molecule has 2 rings (SSSR count). The van der Waals surface area contributed by atoms with E-state index in [2.05, 4.69) is 29.6 Å². The van der Waals surface area contributed by atoms with E-state index in [0.717, 1.165) is 17.4 Å². The van der Waals surface area contributed by atoms with E-state index < -0.39 is 5.97 Å². The molecule has 0 bridgehead atoms. The van der Waals surface area contributed by atoms with E-state index in [1.165, 1.54) is 24.2 Å². The van der Waals surface area contributed by atoms with Crippen LogP contribution in [0.4, 0.5) is 5.69 Å². The van der Waals surface area contributed by atoms with Gasteiger partial charge in [0, 0.05) is 30.6 Å². The highest BCUT2D eigenvalue weighted by Crippen LogP contribution is 2.20. The van der Waals surface area contributed by atoms with Gasteiger partial charge in [0.05, 0.1) is 25.3 Å². The summed E-state index contributed by atoms with van der Waals surface area (Å²) in [5.74, 6) is -0.817.